The second-order valence-electron chi connectivity index (χ2n) is 5.94. The Morgan fingerprint density at radius 1 is 1.28 bits per heavy atom. The standard InChI is InChI=1S/C16H15ClN4O3S/c1-16(2,3)24-25(22,23)21-15(11-6-8-20-14(17)9-11)12-5-4-7-19-13(12)10-18/h4-9H,1-3H3. The van der Waals surface area contributed by atoms with Crippen LogP contribution < -0.4 is 0 Å². The first-order valence-electron chi connectivity index (χ1n) is 7.14. The summed E-state index contributed by atoms with van der Waals surface area (Å²) in [4.78, 5) is 7.81. The van der Waals surface area contributed by atoms with Gasteiger partial charge in [-0.1, -0.05) is 11.6 Å². The second-order valence-corrected chi connectivity index (χ2v) is 7.53. The number of hydrogen-bond acceptors (Lipinski definition) is 6. The van der Waals surface area contributed by atoms with Crippen molar-refractivity contribution >= 4 is 27.6 Å². The summed E-state index contributed by atoms with van der Waals surface area (Å²) >= 11 is 5.90. The number of rotatable bonds is 4. The summed E-state index contributed by atoms with van der Waals surface area (Å²) in [5, 5.41) is 9.42. The molecular weight excluding hydrogens is 364 g/mol. The highest BCUT2D eigenvalue weighted by Gasteiger charge is 2.24. The van der Waals surface area contributed by atoms with Crippen LogP contribution in [0, 0.1) is 11.3 Å². The third kappa shape index (κ3) is 5.32. The molecule has 2 rings (SSSR count). The van der Waals surface area contributed by atoms with Gasteiger partial charge in [-0.2, -0.15) is 13.7 Å². The highest BCUT2D eigenvalue weighted by Crippen LogP contribution is 2.20. The highest BCUT2D eigenvalue weighted by molar-refractivity contribution is 7.85. The summed E-state index contributed by atoms with van der Waals surface area (Å²) < 4.78 is 33.5. The monoisotopic (exact) mass is 378 g/mol. The van der Waals surface area contributed by atoms with E-state index in [0.717, 1.165) is 0 Å². The van der Waals surface area contributed by atoms with Crippen LogP contribution in [-0.4, -0.2) is 29.7 Å². The minimum atomic E-state index is -4.29. The fourth-order valence-electron chi connectivity index (χ4n) is 1.94. The molecule has 0 amide bonds. The zero-order valence-corrected chi connectivity index (χ0v) is 15.3. The third-order valence-electron chi connectivity index (χ3n) is 2.73. The Labute approximate surface area is 151 Å². The molecule has 0 aliphatic rings. The molecule has 0 saturated heterocycles. The average Bonchev–Trinajstić information content (AvgIpc) is 2.50. The fraction of sp³-hybridized carbons (Fsp3) is 0.250. The van der Waals surface area contributed by atoms with E-state index in [1.54, 1.807) is 32.9 Å². The normalized spacial score (nSPS) is 12.7. The molecule has 0 spiro atoms. The number of pyridine rings is 2. The van der Waals surface area contributed by atoms with Gasteiger partial charge in [0.2, 0.25) is 0 Å². The lowest BCUT2D eigenvalue weighted by molar-refractivity contribution is 0.140. The minimum Gasteiger partial charge on any atom is -0.246 e. The van der Waals surface area contributed by atoms with Crippen molar-refractivity contribution in [1.82, 2.24) is 9.97 Å². The van der Waals surface area contributed by atoms with Crippen LogP contribution in [0.25, 0.3) is 0 Å². The molecule has 0 unspecified atom stereocenters. The molecule has 9 heteroatoms. The molecule has 2 heterocycles. The summed E-state index contributed by atoms with van der Waals surface area (Å²) in [6.07, 6.45) is 2.84. The van der Waals surface area contributed by atoms with E-state index in [1.165, 1.54) is 24.5 Å². The van der Waals surface area contributed by atoms with Crippen molar-refractivity contribution in [3.8, 4) is 6.07 Å². The predicted molar refractivity (Wildman–Crippen MR) is 93.6 cm³/mol. The summed E-state index contributed by atoms with van der Waals surface area (Å²) in [6.45, 7) is 4.77. The predicted octanol–water partition coefficient (Wildman–Crippen LogP) is 2.90. The van der Waals surface area contributed by atoms with Gasteiger partial charge in [-0.25, -0.2) is 14.2 Å². The van der Waals surface area contributed by atoms with Gasteiger partial charge in [0.05, 0.1) is 11.3 Å². The van der Waals surface area contributed by atoms with E-state index in [4.69, 9.17) is 15.8 Å². The molecular formula is C16H15ClN4O3S. The maximum atomic E-state index is 12.3. The zero-order valence-electron chi connectivity index (χ0n) is 13.8. The van der Waals surface area contributed by atoms with Crippen LogP contribution >= 0.6 is 11.6 Å². The molecule has 0 saturated carbocycles. The maximum absolute atomic E-state index is 12.3. The summed E-state index contributed by atoms with van der Waals surface area (Å²) in [6, 6.07) is 8.02. The van der Waals surface area contributed by atoms with Crippen LogP contribution in [0.15, 0.2) is 41.1 Å². The van der Waals surface area contributed by atoms with Crippen molar-refractivity contribution in [2.24, 2.45) is 4.40 Å². The molecule has 0 atom stereocenters. The van der Waals surface area contributed by atoms with Gasteiger partial charge in [0.25, 0.3) is 0 Å². The van der Waals surface area contributed by atoms with Crippen molar-refractivity contribution in [1.29, 1.82) is 5.26 Å². The van der Waals surface area contributed by atoms with E-state index in [1.807, 2.05) is 6.07 Å². The zero-order chi connectivity index (χ0) is 18.7. The fourth-order valence-corrected chi connectivity index (χ4v) is 3.21. The number of nitrogens with zero attached hydrogens (tertiary/aromatic N) is 4. The van der Waals surface area contributed by atoms with Gasteiger partial charge in [0, 0.05) is 23.5 Å². The van der Waals surface area contributed by atoms with Crippen molar-refractivity contribution < 1.29 is 12.6 Å². The number of hydrogen-bond donors (Lipinski definition) is 0. The van der Waals surface area contributed by atoms with E-state index in [0.29, 0.717) is 5.56 Å². The second kappa shape index (κ2) is 7.27. The minimum absolute atomic E-state index is 0.00167. The first-order valence-corrected chi connectivity index (χ1v) is 8.88. The number of aromatic nitrogens is 2. The van der Waals surface area contributed by atoms with Gasteiger partial charge >= 0.3 is 10.3 Å². The average molecular weight is 379 g/mol. The van der Waals surface area contributed by atoms with Crippen LogP contribution in [0.1, 0.15) is 37.6 Å². The van der Waals surface area contributed by atoms with Gasteiger partial charge in [-0.15, -0.1) is 4.40 Å². The lowest BCUT2D eigenvalue weighted by Gasteiger charge is -2.17. The van der Waals surface area contributed by atoms with E-state index >= 15 is 0 Å². The largest absolute Gasteiger partial charge is 0.381 e. The van der Waals surface area contributed by atoms with Gasteiger partial charge in [-0.05, 0) is 45.0 Å². The Morgan fingerprint density at radius 2 is 2.00 bits per heavy atom. The molecule has 0 radical (unpaired) electrons. The quantitative estimate of drug-likeness (QED) is 0.598. The molecule has 25 heavy (non-hydrogen) atoms. The Hall–Kier alpha value is -2.34. The van der Waals surface area contributed by atoms with E-state index in [-0.39, 0.29) is 22.1 Å². The van der Waals surface area contributed by atoms with Crippen molar-refractivity contribution in [3.63, 3.8) is 0 Å². The molecule has 0 aliphatic heterocycles. The van der Waals surface area contributed by atoms with Crippen LogP contribution in [0.3, 0.4) is 0 Å². The molecule has 7 nitrogen and oxygen atoms in total. The van der Waals surface area contributed by atoms with Crippen molar-refractivity contribution in [3.05, 3.63) is 58.6 Å². The summed E-state index contributed by atoms with van der Waals surface area (Å²) in [7, 11) is -4.29. The Balaban J connectivity index is 2.70. The van der Waals surface area contributed by atoms with Gasteiger partial charge in [0.1, 0.15) is 16.9 Å². The summed E-state index contributed by atoms with van der Waals surface area (Å²) in [5.41, 5.74) is -0.326. The molecule has 0 aromatic carbocycles. The van der Waals surface area contributed by atoms with Crippen LogP contribution in [0.4, 0.5) is 0 Å². The smallest absolute Gasteiger partial charge is 0.246 e. The van der Waals surface area contributed by atoms with E-state index in [9.17, 15) is 13.7 Å². The van der Waals surface area contributed by atoms with Crippen LogP contribution in [0.5, 0.6) is 0 Å². The number of halogens is 1. The Morgan fingerprint density at radius 3 is 2.60 bits per heavy atom. The lowest BCUT2D eigenvalue weighted by atomic mass is 10.0. The van der Waals surface area contributed by atoms with E-state index < -0.39 is 15.9 Å². The van der Waals surface area contributed by atoms with Gasteiger partial charge in [-0.3, -0.25) is 0 Å². The number of nitriles is 1. The molecule has 0 aliphatic carbocycles. The first kappa shape index (κ1) is 19.0. The van der Waals surface area contributed by atoms with Gasteiger partial charge in [0.15, 0.2) is 0 Å². The molecule has 2 aromatic heterocycles. The first-order chi connectivity index (χ1) is 11.6. The van der Waals surface area contributed by atoms with Crippen LogP contribution in [-0.2, 0) is 14.5 Å². The van der Waals surface area contributed by atoms with Crippen LogP contribution in [0.2, 0.25) is 5.15 Å². The topological polar surface area (TPSA) is 105 Å². The lowest BCUT2D eigenvalue weighted by Crippen LogP contribution is -2.24. The SMILES string of the molecule is CC(C)(C)OS(=O)(=O)N=C(c1ccnc(Cl)c1)c1cccnc1C#N. The third-order valence-corrected chi connectivity index (χ3v) is 4.05. The maximum Gasteiger partial charge on any atom is 0.381 e. The Bertz CT molecular complexity index is 960. The highest BCUT2D eigenvalue weighted by atomic mass is 35.5. The van der Waals surface area contributed by atoms with Gasteiger partial charge < -0.3 is 0 Å². The molecule has 0 N–H and O–H groups in total. The molecule has 0 fully saturated rings. The van der Waals surface area contributed by atoms with E-state index in [2.05, 4.69) is 14.4 Å². The van der Waals surface area contributed by atoms with Crippen molar-refractivity contribution in [2.75, 3.05) is 0 Å². The molecule has 2 aromatic rings. The Kier molecular flexibility index (Phi) is 5.52. The molecule has 130 valence electrons. The molecule has 0 bridgehead atoms. The summed E-state index contributed by atoms with van der Waals surface area (Å²) in [5.74, 6) is 0. The van der Waals surface area contributed by atoms with Crippen molar-refractivity contribution in [2.45, 2.75) is 26.4 Å².